The highest BCUT2D eigenvalue weighted by atomic mass is 32.2. The molecule has 0 fully saturated rings. The summed E-state index contributed by atoms with van der Waals surface area (Å²) in [4.78, 5) is 35.6. The molecule has 8 nitrogen and oxygen atoms in total. The van der Waals surface area contributed by atoms with Gasteiger partial charge in [-0.05, 0) is 61.9 Å². The van der Waals surface area contributed by atoms with E-state index < -0.39 is 23.1 Å². The van der Waals surface area contributed by atoms with Crippen molar-refractivity contribution < 1.29 is 22.7 Å². The number of fused-ring (bicyclic) bond motifs is 1. The number of nitrogens with zero attached hydrogens (tertiary/aromatic N) is 3. The van der Waals surface area contributed by atoms with Gasteiger partial charge in [0, 0.05) is 39.9 Å². The number of aryl methyl sites for hydroxylation is 1. The number of thioether (sulfide) groups is 1. The van der Waals surface area contributed by atoms with Crippen LogP contribution in [0.1, 0.15) is 28.2 Å². The zero-order chi connectivity index (χ0) is 27.8. The number of furan rings is 1. The topological polar surface area (TPSA) is 99.2 Å². The van der Waals surface area contributed by atoms with Crippen LogP contribution in [-0.2, 0) is 0 Å². The molecule has 1 aliphatic heterocycles. The van der Waals surface area contributed by atoms with Crippen molar-refractivity contribution in [2.75, 3.05) is 11.1 Å². The molecule has 5 aromatic rings. The van der Waals surface area contributed by atoms with Gasteiger partial charge in [-0.15, -0.1) is 11.8 Å². The van der Waals surface area contributed by atoms with Gasteiger partial charge in [-0.2, -0.15) is 9.97 Å². The normalized spacial score (nSPS) is 12.9. The molecule has 0 unspecified atom stereocenters. The average molecular weight is 559 g/mol. The second-order valence-corrected chi connectivity index (χ2v) is 10.0. The summed E-state index contributed by atoms with van der Waals surface area (Å²) in [5.74, 6) is -0.538. The highest BCUT2D eigenvalue weighted by Crippen LogP contribution is 2.42. The number of carbonyl (C=O) groups excluding carboxylic acids is 1. The summed E-state index contributed by atoms with van der Waals surface area (Å²) in [6.07, 6.45) is 6.09. The lowest BCUT2D eigenvalue weighted by atomic mass is 10.2. The third kappa shape index (κ3) is 4.87. The number of hydrogen-bond donors (Lipinski definition) is 1. The van der Waals surface area contributed by atoms with Gasteiger partial charge in [0.15, 0.2) is 11.6 Å². The van der Waals surface area contributed by atoms with Crippen LogP contribution in [0.2, 0.25) is 0 Å². The Balaban J connectivity index is 1.26. The van der Waals surface area contributed by atoms with Crippen molar-refractivity contribution in [3.05, 3.63) is 112 Å². The van der Waals surface area contributed by atoms with Crippen molar-refractivity contribution in [1.82, 2.24) is 14.5 Å². The van der Waals surface area contributed by atoms with Gasteiger partial charge in [0.25, 0.3) is 11.5 Å². The minimum atomic E-state index is -0.751. The molecule has 4 heterocycles. The molecule has 2 aromatic carbocycles. The lowest BCUT2D eigenvalue weighted by Gasteiger charge is -2.11. The largest absolute Gasteiger partial charge is 0.445 e. The van der Waals surface area contributed by atoms with Crippen LogP contribution in [0.3, 0.4) is 0 Å². The molecule has 0 bridgehead atoms. The fraction of sp³-hybridized carbons (Fsp3) is 0.103. The molecule has 1 N–H and O–H groups in total. The predicted octanol–water partition coefficient (Wildman–Crippen LogP) is 6.48. The third-order valence-electron chi connectivity index (χ3n) is 6.18. The van der Waals surface area contributed by atoms with Gasteiger partial charge in [0.2, 0.25) is 11.6 Å². The van der Waals surface area contributed by atoms with Crippen LogP contribution in [0.25, 0.3) is 21.7 Å². The van der Waals surface area contributed by atoms with Crippen LogP contribution in [0.15, 0.2) is 82.3 Å². The van der Waals surface area contributed by atoms with E-state index in [0.29, 0.717) is 22.6 Å². The minimum Gasteiger partial charge on any atom is -0.445 e. The standard InChI is InChI=1S/C29H20F2N4O4S/c1-16-32-27-25(21(15-38-27)24-5-3-13-40-24)28(33-16)39-23-11-8-18(14-22(23)31)34-26(36)20-4-2-12-35(29(20)37)19-9-6-17(30)7-10-19/h2,4-12,14-15H,3,13H2,1H3,(H,34,36). The lowest BCUT2D eigenvalue weighted by Crippen LogP contribution is -2.27. The number of pyridine rings is 1. The number of rotatable bonds is 6. The van der Waals surface area contributed by atoms with Crippen LogP contribution >= 0.6 is 11.8 Å². The summed E-state index contributed by atoms with van der Waals surface area (Å²) in [5.41, 5.74) is 0.855. The number of hydrogen-bond acceptors (Lipinski definition) is 7. The molecule has 1 amide bonds. The highest BCUT2D eigenvalue weighted by Gasteiger charge is 2.22. The van der Waals surface area contributed by atoms with Gasteiger partial charge in [0.1, 0.15) is 28.9 Å². The second-order valence-electron chi connectivity index (χ2n) is 8.89. The fourth-order valence-corrected chi connectivity index (χ4v) is 5.31. The quantitative estimate of drug-likeness (QED) is 0.255. The number of amides is 1. The van der Waals surface area contributed by atoms with E-state index in [9.17, 15) is 14.0 Å². The molecule has 0 aliphatic carbocycles. The van der Waals surface area contributed by atoms with Gasteiger partial charge < -0.3 is 14.5 Å². The summed E-state index contributed by atoms with van der Waals surface area (Å²) in [6, 6.07) is 12.1. The second kappa shape index (κ2) is 10.4. The summed E-state index contributed by atoms with van der Waals surface area (Å²) >= 11 is 1.68. The van der Waals surface area contributed by atoms with E-state index in [2.05, 4.69) is 21.4 Å². The summed E-state index contributed by atoms with van der Waals surface area (Å²) in [5, 5.41) is 3.09. The zero-order valence-corrected chi connectivity index (χ0v) is 21.8. The van der Waals surface area contributed by atoms with Gasteiger partial charge >= 0.3 is 0 Å². The van der Waals surface area contributed by atoms with E-state index in [1.54, 1.807) is 24.9 Å². The van der Waals surface area contributed by atoms with Gasteiger partial charge in [-0.3, -0.25) is 14.2 Å². The Kier molecular flexibility index (Phi) is 6.64. The van der Waals surface area contributed by atoms with Gasteiger partial charge in [-0.1, -0.05) is 6.08 Å². The van der Waals surface area contributed by atoms with Gasteiger partial charge in [0.05, 0.1) is 0 Å². The first kappa shape index (κ1) is 25.5. The maximum atomic E-state index is 15.2. The molecule has 0 spiro atoms. The number of halogens is 2. The number of aromatic nitrogens is 3. The van der Waals surface area contributed by atoms with Crippen molar-refractivity contribution in [3.63, 3.8) is 0 Å². The molecule has 0 saturated heterocycles. The van der Waals surface area contributed by atoms with Gasteiger partial charge in [-0.25, -0.2) is 8.78 Å². The number of benzene rings is 2. The van der Waals surface area contributed by atoms with E-state index in [1.807, 2.05) is 0 Å². The molecule has 3 aromatic heterocycles. The molecule has 0 radical (unpaired) electrons. The van der Waals surface area contributed by atoms with Crippen molar-refractivity contribution in [1.29, 1.82) is 0 Å². The van der Waals surface area contributed by atoms with Crippen molar-refractivity contribution in [2.24, 2.45) is 0 Å². The first-order valence-electron chi connectivity index (χ1n) is 12.2. The average Bonchev–Trinajstić information content (AvgIpc) is 3.61. The molecule has 11 heteroatoms. The SMILES string of the molecule is Cc1nc(Oc2ccc(NC(=O)c3cccn(-c4ccc(F)cc4)c3=O)cc2F)c2c(C3=CCCS3)coc2n1. The van der Waals surface area contributed by atoms with Crippen molar-refractivity contribution >= 4 is 39.4 Å². The lowest BCUT2D eigenvalue weighted by molar-refractivity contribution is 0.102. The zero-order valence-electron chi connectivity index (χ0n) is 21.0. The van der Waals surface area contributed by atoms with Crippen LogP contribution < -0.4 is 15.6 Å². The van der Waals surface area contributed by atoms with E-state index in [0.717, 1.165) is 28.7 Å². The molecule has 0 atom stereocenters. The Morgan fingerprint density at radius 1 is 1.12 bits per heavy atom. The minimum absolute atomic E-state index is 0.115. The first-order chi connectivity index (χ1) is 19.4. The number of anilines is 1. The van der Waals surface area contributed by atoms with E-state index >= 15 is 4.39 Å². The Labute approximate surface area is 230 Å². The highest BCUT2D eigenvalue weighted by molar-refractivity contribution is 8.08. The molecule has 0 saturated carbocycles. The summed E-state index contributed by atoms with van der Waals surface area (Å²) < 4.78 is 41.2. The van der Waals surface area contributed by atoms with Crippen LogP contribution in [-0.4, -0.2) is 26.2 Å². The van der Waals surface area contributed by atoms with Crippen LogP contribution in [0.5, 0.6) is 11.6 Å². The number of carbonyl (C=O) groups is 1. The molecule has 1 aliphatic rings. The maximum Gasteiger partial charge on any atom is 0.267 e. The maximum absolute atomic E-state index is 15.2. The molecular formula is C29H20F2N4O4S. The fourth-order valence-electron chi connectivity index (χ4n) is 4.31. The molecular weight excluding hydrogens is 538 g/mol. The third-order valence-corrected chi connectivity index (χ3v) is 7.31. The van der Waals surface area contributed by atoms with Crippen molar-refractivity contribution in [2.45, 2.75) is 13.3 Å². The molecule has 40 heavy (non-hydrogen) atoms. The number of allylic oxidation sites excluding steroid dienone is 1. The summed E-state index contributed by atoms with van der Waals surface area (Å²) in [6.45, 7) is 1.68. The Hall–Kier alpha value is -4.77. The monoisotopic (exact) mass is 558 g/mol. The predicted molar refractivity (Wildman–Crippen MR) is 148 cm³/mol. The Morgan fingerprint density at radius 2 is 1.95 bits per heavy atom. The van der Waals surface area contributed by atoms with Crippen molar-refractivity contribution in [3.8, 4) is 17.3 Å². The van der Waals surface area contributed by atoms with Crippen LogP contribution in [0.4, 0.5) is 14.5 Å². The van der Waals surface area contributed by atoms with Crippen LogP contribution in [0, 0.1) is 18.6 Å². The van der Waals surface area contributed by atoms with E-state index in [4.69, 9.17) is 9.15 Å². The number of nitrogens with one attached hydrogen (secondary N) is 1. The number of ether oxygens (including phenoxy) is 1. The summed E-state index contributed by atoms with van der Waals surface area (Å²) in [7, 11) is 0. The van der Waals surface area contributed by atoms with E-state index in [1.165, 1.54) is 59.3 Å². The Bertz CT molecular complexity index is 1860. The molecule has 6 rings (SSSR count). The molecule has 200 valence electrons. The smallest absolute Gasteiger partial charge is 0.267 e. The first-order valence-corrected chi connectivity index (χ1v) is 13.2. The Morgan fingerprint density at radius 3 is 2.70 bits per heavy atom. The van der Waals surface area contributed by atoms with E-state index in [-0.39, 0.29) is 22.9 Å².